The number of aryl methyl sites for hydroxylation is 1. The van der Waals surface area contributed by atoms with Crippen molar-refractivity contribution in [1.29, 1.82) is 0 Å². The summed E-state index contributed by atoms with van der Waals surface area (Å²) >= 11 is 12.7. The minimum Gasteiger partial charge on any atom is -0.130 e. The molecule has 0 aliphatic heterocycles. The lowest BCUT2D eigenvalue weighted by Gasteiger charge is -2.52. The molecule has 3 heteroatoms. The normalized spacial score (nSPS) is 21.1. The van der Waals surface area contributed by atoms with Crippen LogP contribution in [0.4, 0.5) is 0 Å². The summed E-state index contributed by atoms with van der Waals surface area (Å²) in [6.07, 6.45) is 0. The second-order valence-corrected chi connectivity index (χ2v) is 16.4. The average molecular weight is 561 g/mol. The van der Waals surface area contributed by atoms with Crippen LogP contribution in [0.3, 0.4) is 0 Å². The van der Waals surface area contributed by atoms with Crippen molar-refractivity contribution in [3.05, 3.63) is 139 Å². The molecule has 0 N–H and O–H groups in total. The van der Waals surface area contributed by atoms with Gasteiger partial charge in [-0.05, 0) is 63.7 Å². The van der Waals surface area contributed by atoms with Crippen LogP contribution in [0, 0.1) is 42.0 Å². The molecule has 0 fully saturated rings. The van der Waals surface area contributed by atoms with E-state index in [0.717, 1.165) is 33.4 Å². The zero-order chi connectivity index (χ0) is 29.9. The fourth-order valence-corrected chi connectivity index (χ4v) is 6.78. The second-order valence-electron chi connectivity index (χ2n) is 10.9. The molecule has 2 bridgehead atoms. The molecule has 4 aromatic rings. The Bertz CT molecular complexity index is 1850. The van der Waals surface area contributed by atoms with Crippen molar-refractivity contribution in [3.63, 3.8) is 0 Å². The number of rotatable bonds is 0. The van der Waals surface area contributed by atoms with Crippen molar-refractivity contribution in [2.75, 3.05) is 0 Å². The van der Waals surface area contributed by atoms with Crippen LogP contribution in [0.15, 0.2) is 84.9 Å². The van der Waals surface area contributed by atoms with Crippen LogP contribution in [0.25, 0.3) is 0 Å². The molecule has 3 aliphatic carbocycles. The molecule has 4 aromatic carbocycles. The molecule has 0 aromatic heterocycles. The maximum absolute atomic E-state index is 7.68. The third-order valence-electron chi connectivity index (χ3n) is 7.42. The first-order valence-electron chi connectivity index (χ1n) is 14.3. The Kier molecular flexibility index (Phi) is 5.25. The third-order valence-corrected chi connectivity index (χ3v) is 9.18. The summed E-state index contributed by atoms with van der Waals surface area (Å²) in [7, 11) is -1.71. The van der Waals surface area contributed by atoms with Crippen molar-refractivity contribution in [3.8, 4) is 35.1 Å². The number of hydrogen-bond acceptors (Lipinski definition) is 0. The predicted molar refractivity (Wildman–Crippen MR) is 166 cm³/mol. The quantitative estimate of drug-likeness (QED) is 0.149. The first-order valence-corrected chi connectivity index (χ1v) is 17.0. The fraction of sp³-hybridized carbons (Fsp3) is 0.167. The van der Waals surface area contributed by atoms with Gasteiger partial charge in [0.15, 0.2) is 0 Å². The summed E-state index contributed by atoms with van der Waals surface area (Å²) in [6, 6.07) is 28.5. The van der Waals surface area contributed by atoms with Gasteiger partial charge in [-0.1, -0.05) is 139 Å². The predicted octanol–water partition coefficient (Wildman–Crippen LogP) is 8.53. The van der Waals surface area contributed by atoms with Gasteiger partial charge in [0, 0.05) is 9.68 Å². The van der Waals surface area contributed by atoms with Crippen LogP contribution in [-0.4, -0.2) is 8.07 Å². The van der Waals surface area contributed by atoms with Crippen molar-refractivity contribution in [1.82, 2.24) is 0 Å². The highest BCUT2D eigenvalue weighted by Gasteiger charge is 2.57. The average Bonchev–Trinajstić information content (AvgIpc) is 2.96. The van der Waals surface area contributed by atoms with E-state index in [9.17, 15) is 0 Å². The van der Waals surface area contributed by atoms with Gasteiger partial charge in [-0.2, -0.15) is 0 Å². The summed E-state index contributed by atoms with van der Waals surface area (Å²) in [6.45, 7) is 4.46. The Morgan fingerprint density at radius 3 is 1.51 bits per heavy atom. The van der Waals surface area contributed by atoms with Gasteiger partial charge in [0.1, 0.15) is 18.9 Å². The van der Waals surface area contributed by atoms with E-state index < -0.39 is 25.8 Å². The van der Waals surface area contributed by atoms with Gasteiger partial charge in [-0.25, -0.2) is 0 Å². The van der Waals surface area contributed by atoms with Gasteiger partial charge in [0.05, 0.1) is 10.0 Å². The Hall–Kier alpha value is -3.64. The second kappa shape index (κ2) is 9.23. The van der Waals surface area contributed by atoms with Crippen molar-refractivity contribution in [2.24, 2.45) is 0 Å². The molecule has 0 heterocycles. The van der Waals surface area contributed by atoms with E-state index in [1.807, 2.05) is 0 Å². The number of hydrogen-bond donors (Lipinski definition) is 0. The molecule has 3 aliphatic rings. The van der Waals surface area contributed by atoms with Gasteiger partial charge in [-0.15, -0.1) is 5.54 Å². The SMILES string of the molecule is [2H]C([2H])([2H])c1ccc(C#CC#CC23c4ccccc4C(C#C[Si](C)(C)C)(c4ccccc42)c2ccccc23)c(Cl)c1Cl. The van der Waals surface area contributed by atoms with E-state index in [1.165, 1.54) is 6.07 Å². The maximum atomic E-state index is 7.68. The van der Waals surface area contributed by atoms with Crippen molar-refractivity contribution < 1.29 is 4.11 Å². The molecule has 0 nitrogen and oxygen atoms in total. The van der Waals surface area contributed by atoms with Gasteiger partial charge in [0.25, 0.3) is 0 Å². The fourth-order valence-electron chi connectivity index (χ4n) is 5.84. The van der Waals surface area contributed by atoms with E-state index in [-0.39, 0.29) is 15.6 Å². The summed E-state index contributed by atoms with van der Waals surface area (Å²) in [5.41, 5.74) is 9.62. The Balaban J connectivity index is 1.60. The number of benzene rings is 4. The summed E-state index contributed by atoms with van der Waals surface area (Å²) in [5, 5.41) is 0.0991. The number of halogens is 2. The van der Waals surface area contributed by atoms with E-state index in [2.05, 4.69) is 128 Å². The lowest BCUT2D eigenvalue weighted by Crippen LogP contribution is -2.50. The van der Waals surface area contributed by atoms with Gasteiger partial charge in [-0.3, -0.25) is 0 Å². The van der Waals surface area contributed by atoms with Gasteiger partial charge < -0.3 is 0 Å². The zero-order valence-electron chi connectivity index (χ0n) is 24.8. The summed E-state index contributed by atoms with van der Waals surface area (Å²) in [4.78, 5) is 0. The summed E-state index contributed by atoms with van der Waals surface area (Å²) in [5.74, 6) is 16.6. The molecular weight excluding hydrogens is 531 g/mol. The molecule has 0 saturated heterocycles. The third kappa shape index (κ3) is 3.80. The molecule has 0 radical (unpaired) electrons. The maximum Gasteiger partial charge on any atom is 0.129 e. The van der Waals surface area contributed by atoms with Crippen LogP contribution in [0.1, 0.15) is 48.6 Å². The Labute approximate surface area is 246 Å². The van der Waals surface area contributed by atoms with Crippen LogP contribution < -0.4 is 0 Å². The Morgan fingerprint density at radius 2 is 1.08 bits per heavy atom. The summed E-state index contributed by atoms with van der Waals surface area (Å²) < 4.78 is 23.0. The molecule has 0 unspecified atom stereocenters. The minimum absolute atomic E-state index is 0.000341. The van der Waals surface area contributed by atoms with Crippen LogP contribution in [0.2, 0.25) is 29.7 Å². The Morgan fingerprint density at radius 1 is 0.615 bits per heavy atom. The lowest BCUT2D eigenvalue weighted by atomic mass is 9.47. The largest absolute Gasteiger partial charge is 0.130 e. The first-order chi connectivity index (χ1) is 19.9. The molecule has 7 rings (SSSR count). The molecule has 188 valence electrons. The standard InChI is InChI=1S/C36H26Cl2Si/c1-25-20-21-26(34(38)33(25)37)13-11-12-22-35-27-14-5-8-17-30(27)36(23-24-39(2,3)4,31-18-9-6-15-28(31)35)32-19-10-7-16-29(32)35/h5-10,14-21H,1-4H3/i1D3. The molecule has 39 heavy (non-hydrogen) atoms. The molecule has 0 atom stereocenters. The first kappa shape index (κ1) is 22.2. The van der Waals surface area contributed by atoms with E-state index >= 15 is 0 Å². The van der Waals surface area contributed by atoms with Gasteiger partial charge >= 0.3 is 0 Å². The zero-order valence-corrected chi connectivity index (χ0v) is 24.4. The smallest absolute Gasteiger partial charge is 0.129 e. The van der Waals surface area contributed by atoms with Crippen molar-refractivity contribution >= 4 is 31.3 Å². The van der Waals surface area contributed by atoms with Gasteiger partial charge in [0.2, 0.25) is 0 Å². The van der Waals surface area contributed by atoms with E-state index in [1.54, 1.807) is 6.07 Å². The van der Waals surface area contributed by atoms with Crippen LogP contribution in [-0.2, 0) is 10.8 Å². The topological polar surface area (TPSA) is 0 Å². The van der Waals surface area contributed by atoms with Crippen molar-refractivity contribution in [2.45, 2.75) is 37.3 Å². The molecule has 0 amide bonds. The van der Waals surface area contributed by atoms with Crippen LogP contribution >= 0.6 is 23.2 Å². The van der Waals surface area contributed by atoms with E-state index in [0.29, 0.717) is 5.56 Å². The minimum atomic E-state index is -2.36. The highest BCUT2D eigenvalue weighted by molar-refractivity contribution is 6.83. The lowest BCUT2D eigenvalue weighted by molar-refractivity contribution is 0.606. The molecule has 0 saturated carbocycles. The molecular formula is C36H26Cl2Si. The highest BCUT2D eigenvalue weighted by atomic mass is 35.5. The highest BCUT2D eigenvalue weighted by Crippen LogP contribution is 2.61. The monoisotopic (exact) mass is 559 g/mol. The van der Waals surface area contributed by atoms with E-state index in [4.69, 9.17) is 27.3 Å². The molecule has 0 spiro atoms. The van der Waals surface area contributed by atoms with Crippen LogP contribution in [0.5, 0.6) is 0 Å².